The summed E-state index contributed by atoms with van der Waals surface area (Å²) in [5.41, 5.74) is 7.09. The molecule has 0 saturated heterocycles. The van der Waals surface area contributed by atoms with Gasteiger partial charge in [-0.2, -0.15) is 0 Å². The van der Waals surface area contributed by atoms with Crippen LogP contribution >= 0.6 is 0 Å². The molecule has 2 aliphatic heterocycles. The van der Waals surface area contributed by atoms with Crippen LogP contribution in [-0.2, 0) is 20.3 Å². The maximum atomic E-state index is 12.7. The van der Waals surface area contributed by atoms with Crippen LogP contribution in [0.15, 0.2) is 72.8 Å². The van der Waals surface area contributed by atoms with Gasteiger partial charge in [0.15, 0.2) is 0 Å². The Labute approximate surface area is 244 Å². The van der Waals surface area contributed by atoms with Gasteiger partial charge in [-0.25, -0.2) is 19.2 Å². The Morgan fingerprint density at radius 3 is 0.905 bits per heavy atom. The topological polar surface area (TPSA) is 86.7 Å². The van der Waals surface area contributed by atoms with Gasteiger partial charge >= 0.3 is 23.9 Å². The summed E-state index contributed by atoms with van der Waals surface area (Å²) in [4.78, 5) is 50.5. The van der Waals surface area contributed by atoms with Gasteiger partial charge < -0.3 is 9.47 Å². The summed E-state index contributed by atoms with van der Waals surface area (Å²) in [6.07, 6.45) is 0. The fourth-order valence-electron chi connectivity index (χ4n) is 5.49. The molecule has 0 bridgehead atoms. The van der Waals surface area contributed by atoms with Gasteiger partial charge in [0.25, 0.3) is 0 Å². The second-order valence-electron chi connectivity index (χ2n) is 12.9. The van der Waals surface area contributed by atoms with Gasteiger partial charge in [0, 0.05) is 0 Å². The molecule has 0 spiro atoms. The molecule has 0 fully saturated rings. The van der Waals surface area contributed by atoms with Crippen LogP contribution in [0.3, 0.4) is 0 Å². The molecule has 6 nitrogen and oxygen atoms in total. The lowest BCUT2D eigenvalue weighted by atomic mass is 9.82. The number of hydrogen-bond donors (Lipinski definition) is 0. The second-order valence-corrected chi connectivity index (χ2v) is 12.9. The Bertz CT molecular complexity index is 1690. The van der Waals surface area contributed by atoms with Gasteiger partial charge in [-0.15, -0.1) is 0 Å². The first-order chi connectivity index (χ1) is 19.7. The van der Waals surface area contributed by atoms with Crippen molar-refractivity contribution >= 4 is 23.9 Å². The van der Waals surface area contributed by atoms with E-state index in [1.807, 2.05) is 48.5 Å². The third kappa shape index (κ3) is 4.53. The van der Waals surface area contributed by atoms with E-state index >= 15 is 0 Å². The first-order valence-electron chi connectivity index (χ1n) is 13.8. The predicted octanol–water partition coefficient (Wildman–Crippen LogP) is 7.90. The monoisotopic (exact) mass is 558 g/mol. The standard InChI is InChI=1S/C36H30O6/c1-35(2,3)21-11-7-19(8-12-21)23-15-27-29(33(39)41-31(27)37)17-25(23)26-18-30-28(32(38)42-34(30)40)16-24(26)20-9-13-22(14-10-20)36(4,5)6/h7-18H,1-6H3. The summed E-state index contributed by atoms with van der Waals surface area (Å²) in [6, 6.07) is 22.7. The van der Waals surface area contributed by atoms with Gasteiger partial charge in [-0.3, -0.25) is 0 Å². The molecule has 0 N–H and O–H groups in total. The average Bonchev–Trinajstić information content (AvgIpc) is 3.38. The highest BCUT2D eigenvalue weighted by molar-refractivity contribution is 6.18. The molecule has 0 amide bonds. The molecule has 6 rings (SSSR count). The zero-order valence-electron chi connectivity index (χ0n) is 24.4. The van der Waals surface area contributed by atoms with Crippen molar-refractivity contribution in [3.63, 3.8) is 0 Å². The third-order valence-electron chi connectivity index (χ3n) is 7.98. The molecule has 0 saturated carbocycles. The van der Waals surface area contributed by atoms with Gasteiger partial charge in [0.1, 0.15) is 0 Å². The molecule has 2 heterocycles. The van der Waals surface area contributed by atoms with Crippen molar-refractivity contribution in [2.45, 2.75) is 52.4 Å². The fraction of sp³-hybridized carbons (Fsp3) is 0.222. The molecule has 0 aliphatic carbocycles. The van der Waals surface area contributed by atoms with Crippen molar-refractivity contribution in [2.75, 3.05) is 0 Å². The van der Waals surface area contributed by atoms with E-state index in [4.69, 9.17) is 9.47 Å². The Kier molecular flexibility index (Phi) is 6.08. The van der Waals surface area contributed by atoms with Gasteiger partial charge in [-0.05, 0) is 79.6 Å². The van der Waals surface area contributed by atoms with Crippen LogP contribution in [0.2, 0.25) is 0 Å². The number of hydrogen-bond acceptors (Lipinski definition) is 6. The van der Waals surface area contributed by atoms with Crippen molar-refractivity contribution in [2.24, 2.45) is 0 Å². The minimum absolute atomic E-state index is 0.0607. The summed E-state index contributed by atoms with van der Waals surface area (Å²) in [7, 11) is 0. The highest BCUT2D eigenvalue weighted by atomic mass is 16.6. The minimum atomic E-state index is -0.724. The molecule has 210 valence electrons. The van der Waals surface area contributed by atoms with E-state index < -0.39 is 23.9 Å². The van der Waals surface area contributed by atoms with E-state index in [1.165, 1.54) is 0 Å². The highest BCUT2D eigenvalue weighted by Crippen LogP contribution is 2.44. The number of ether oxygens (including phenoxy) is 2. The SMILES string of the molecule is CC(C)(C)c1ccc(-c2cc3c(cc2-c2cc4c(cc2-c2ccc(C(C)(C)C)cc2)C(=O)OC4=O)C(=O)OC3=O)cc1. The van der Waals surface area contributed by atoms with E-state index in [0.717, 1.165) is 22.3 Å². The molecule has 0 atom stereocenters. The number of carbonyl (C=O) groups excluding carboxylic acids is 4. The quantitative estimate of drug-likeness (QED) is 0.188. The Morgan fingerprint density at radius 1 is 0.381 bits per heavy atom. The van der Waals surface area contributed by atoms with E-state index in [-0.39, 0.29) is 33.1 Å². The van der Waals surface area contributed by atoms with E-state index in [2.05, 4.69) is 41.5 Å². The Hall–Kier alpha value is -4.84. The van der Waals surface area contributed by atoms with Gasteiger partial charge in [0.2, 0.25) is 0 Å². The largest absolute Gasteiger partial charge is 0.386 e. The molecule has 42 heavy (non-hydrogen) atoms. The zero-order chi connectivity index (χ0) is 30.1. The molecular weight excluding hydrogens is 528 g/mol. The Morgan fingerprint density at radius 2 is 0.643 bits per heavy atom. The molecule has 0 unspecified atom stereocenters. The molecule has 2 aliphatic rings. The zero-order valence-corrected chi connectivity index (χ0v) is 24.4. The minimum Gasteiger partial charge on any atom is -0.386 e. The summed E-state index contributed by atoms with van der Waals surface area (Å²) < 4.78 is 9.89. The van der Waals surface area contributed by atoms with Crippen LogP contribution in [0.4, 0.5) is 0 Å². The molecule has 0 aromatic heterocycles. The number of cyclic esters (lactones) is 4. The van der Waals surface area contributed by atoms with Crippen molar-refractivity contribution in [1.29, 1.82) is 0 Å². The van der Waals surface area contributed by atoms with Gasteiger partial charge in [0.05, 0.1) is 22.3 Å². The maximum Gasteiger partial charge on any atom is 0.346 e. The molecular formula is C36H30O6. The number of esters is 4. The van der Waals surface area contributed by atoms with Crippen molar-refractivity contribution in [3.8, 4) is 33.4 Å². The first kappa shape index (κ1) is 27.3. The fourth-order valence-corrected chi connectivity index (χ4v) is 5.49. The van der Waals surface area contributed by atoms with Crippen LogP contribution in [0.1, 0.15) is 94.1 Å². The second kappa shape index (κ2) is 9.35. The number of benzene rings is 4. The third-order valence-corrected chi connectivity index (χ3v) is 7.98. The van der Waals surface area contributed by atoms with Crippen LogP contribution in [0.25, 0.3) is 33.4 Å². The summed E-state index contributed by atoms with van der Waals surface area (Å²) in [5, 5.41) is 0. The molecule has 0 radical (unpaired) electrons. The summed E-state index contributed by atoms with van der Waals surface area (Å²) >= 11 is 0. The lowest BCUT2D eigenvalue weighted by Crippen LogP contribution is -2.10. The first-order valence-corrected chi connectivity index (χ1v) is 13.8. The number of fused-ring (bicyclic) bond motifs is 2. The molecule has 4 aromatic carbocycles. The average molecular weight is 559 g/mol. The number of rotatable bonds is 3. The smallest absolute Gasteiger partial charge is 0.346 e. The highest BCUT2D eigenvalue weighted by Gasteiger charge is 2.35. The van der Waals surface area contributed by atoms with Crippen molar-refractivity contribution < 1.29 is 28.7 Å². The van der Waals surface area contributed by atoms with E-state index in [9.17, 15) is 19.2 Å². The van der Waals surface area contributed by atoms with Crippen LogP contribution in [-0.4, -0.2) is 23.9 Å². The molecule has 6 heteroatoms. The van der Waals surface area contributed by atoms with Crippen molar-refractivity contribution in [1.82, 2.24) is 0 Å². The van der Waals surface area contributed by atoms with Crippen LogP contribution < -0.4 is 0 Å². The van der Waals surface area contributed by atoms with E-state index in [1.54, 1.807) is 24.3 Å². The predicted molar refractivity (Wildman–Crippen MR) is 160 cm³/mol. The lowest BCUT2D eigenvalue weighted by molar-refractivity contribution is 0.0425. The van der Waals surface area contributed by atoms with Crippen LogP contribution in [0.5, 0.6) is 0 Å². The molecule has 4 aromatic rings. The van der Waals surface area contributed by atoms with Gasteiger partial charge in [-0.1, -0.05) is 90.1 Å². The van der Waals surface area contributed by atoms with E-state index in [0.29, 0.717) is 22.3 Å². The summed E-state index contributed by atoms with van der Waals surface area (Å²) in [6.45, 7) is 12.8. The van der Waals surface area contributed by atoms with Crippen LogP contribution in [0, 0.1) is 0 Å². The summed E-state index contributed by atoms with van der Waals surface area (Å²) in [5.74, 6) is -2.85. The normalized spacial score (nSPS) is 14.5. The maximum absolute atomic E-state index is 12.7. The Balaban J connectivity index is 1.64. The van der Waals surface area contributed by atoms with Crippen molar-refractivity contribution in [3.05, 3.63) is 106 Å². The number of carbonyl (C=O) groups is 4. The lowest BCUT2D eigenvalue weighted by Gasteiger charge is -2.21.